The second kappa shape index (κ2) is 3.69. The van der Waals surface area contributed by atoms with Crippen LogP contribution in [-0.4, -0.2) is 21.0 Å². The number of H-pyrrole nitrogens is 1. The number of carboxylic acid groups (broad SMARTS) is 1. The number of halogens is 1. The number of fused-ring (bicyclic) bond motifs is 1. The first-order valence-corrected chi connectivity index (χ1v) is 5.12. The molecule has 0 amide bonds. The van der Waals surface area contributed by atoms with Gasteiger partial charge in [0, 0.05) is 10.9 Å². The molecule has 18 heavy (non-hydrogen) atoms. The van der Waals surface area contributed by atoms with E-state index in [0.29, 0.717) is 16.6 Å². The third kappa shape index (κ3) is 1.55. The fourth-order valence-corrected chi connectivity index (χ4v) is 1.73. The highest BCUT2D eigenvalue weighted by Gasteiger charge is 2.14. The Bertz CT molecular complexity index is 745. The van der Waals surface area contributed by atoms with E-state index in [1.807, 2.05) is 0 Å². The summed E-state index contributed by atoms with van der Waals surface area (Å²) in [4.78, 5) is 17.4. The summed E-state index contributed by atoms with van der Waals surface area (Å²) in [6, 6.07) is 6.17. The van der Waals surface area contributed by atoms with Crippen LogP contribution in [-0.2, 0) is 0 Å². The SMILES string of the molecule is O=C(O)c1cnc(-c2cc3c(F)cccc3[nH]2)o1. The summed E-state index contributed by atoms with van der Waals surface area (Å²) >= 11 is 0. The van der Waals surface area contributed by atoms with E-state index < -0.39 is 5.97 Å². The first kappa shape index (κ1) is 10.5. The molecular weight excluding hydrogens is 239 g/mol. The highest BCUT2D eigenvalue weighted by molar-refractivity contribution is 5.86. The quantitative estimate of drug-likeness (QED) is 0.728. The Morgan fingerprint density at radius 3 is 2.94 bits per heavy atom. The Balaban J connectivity index is 2.13. The zero-order valence-electron chi connectivity index (χ0n) is 8.98. The number of aromatic carboxylic acids is 1. The van der Waals surface area contributed by atoms with Crippen LogP contribution in [0, 0.1) is 5.82 Å². The molecule has 3 aromatic rings. The Labute approximate surface area is 99.9 Å². The van der Waals surface area contributed by atoms with E-state index in [0.717, 1.165) is 6.20 Å². The zero-order valence-corrected chi connectivity index (χ0v) is 8.98. The summed E-state index contributed by atoms with van der Waals surface area (Å²) in [6.07, 6.45) is 1.11. The molecule has 6 heteroatoms. The van der Waals surface area contributed by atoms with Gasteiger partial charge in [0.1, 0.15) is 11.5 Å². The van der Waals surface area contributed by atoms with Gasteiger partial charge in [-0.15, -0.1) is 0 Å². The number of oxazole rings is 1. The lowest BCUT2D eigenvalue weighted by molar-refractivity contribution is 0.0663. The second-order valence-corrected chi connectivity index (χ2v) is 3.72. The van der Waals surface area contributed by atoms with Gasteiger partial charge in [-0.25, -0.2) is 14.2 Å². The van der Waals surface area contributed by atoms with Gasteiger partial charge in [-0.3, -0.25) is 0 Å². The average Bonchev–Trinajstić information content (AvgIpc) is 2.95. The molecule has 0 unspecified atom stereocenters. The molecule has 0 saturated heterocycles. The van der Waals surface area contributed by atoms with Gasteiger partial charge >= 0.3 is 5.97 Å². The van der Waals surface area contributed by atoms with Crippen LogP contribution in [0.2, 0.25) is 0 Å². The largest absolute Gasteiger partial charge is 0.475 e. The van der Waals surface area contributed by atoms with E-state index in [-0.39, 0.29) is 17.5 Å². The molecule has 1 aromatic carbocycles. The predicted octanol–water partition coefficient (Wildman–Crippen LogP) is 2.66. The van der Waals surface area contributed by atoms with Gasteiger partial charge in [-0.05, 0) is 18.2 Å². The number of carboxylic acids is 1. The molecule has 0 bridgehead atoms. The second-order valence-electron chi connectivity index (χ2n) is 3.72. The first-order chi connectivity index (χ1) is 8.65. The van der Waals surface area contributed by atoms with Crippen LogP contribution in [0.15, 0.2) is 34.9 Å². The maximum atomic E-state index is 13.5. The summed E-state index contributed by atoms with van der Waals surface area (Å²) in [5, 5.41) is 9.13. The normalized spacial score (nSPS) is 10.9. The van der Waals surface area contributed by atoms with Crippen molar-refractivity contribution in [2.24, 2.45) is 0 Å². The molecule has 2 aromatic heterocycles. The van der Waals surface area contributed by atoms with Crippen LogP contribution < -0.4 is 0 Å². The number of hydrogen-bond donors (Lipinski definition) is 2. The number of aromatic amines is 1. The molecule has 5 nitrogen and oxygen atoms in total. The average molecular weight is 246 g/mol. The molecule has 0 saturated carbocycles. The van der Waals surface area contributed by atoms with Crippen molar-refractivity contribution in [2.75, 3.05) is 0 Å². The standard InChI is InChI=1S/C12H7FN2O3/c13-7-2-1-3-8-6(7)4-9(15-8)11-14-5-10(18-11)12(16)17/h1-5,15H,(H,16,17). The van der Waals surface area contributed by atoms with Crippen LogP contribution in [0.1, 0.15) is 10.6 Å². The summed E-state index contributed by atoms with van der Waals surface area (Å²) in [5.41, 5.74) is 1.03. The molecule has 0 spiro atoms. The van der Waals surface area contributed by atoms with Crippen molar-refractivity contribution in [1.82, 2.24) is 9.97 Å². The Kier molecular flexibility index (Phi) is 2.16. The molecule has 3 rings (SSSR count). The number of nitrogens with zero attached hydrogens (tertiary/aromatic N) is 1. The minimum absolute atomic E-state index is 0.114. The molecule has 90 valence electrons. The van der Waals surface area contributed by atoms with Crippen LogP contribution in [0.3, 0.4) is 0 Å². The van der Waals surface area contributed by atoms with Crippen LogP contribution >= 0.6 is 0 Å². The van der Waals surface area contributed by atoms with Gasteiger partial charge in [0.2, 0.25) is 11.7 Å². The van der Waals surface area contributed by atoms with Crippen molar-refractivity contribution in [3.8, 4) is 11.6 Å². The number of carbonyl (C=O) groups is 1. The topological polar surface area (TPSA) is 79.1 Å². The van der Waals surface area contributed by atoms with Crippen molar-refractivity contribution in [3.05, 3.63) is 42.0 Å². The zero-order chi connectivity index (χ0) is 12.7. The highest BCUT2D eigenvalue weighted by atomic mass is 19.1. The van der Waals surface area contributed by atoms with Crippen molar-refractivity contribution >= 4 is 16.9 Å². The molecule has 2 N–H and O–H groups in total. The van der Waals surface area contributed by atoms with E-state index in [2.05, 4.69) is 9.97 Å². The summed E-state index contributed by atoms with van der Waals surface area (Å²) < 4.78 is 18.5. The number of benzene rings is 1. The Morgan fingerprint density at radius 2 is 2.28 bits per heavy atom. The molecule has 2 heterocycles. The van der Waals surface area contributed by atoms with Gasteiger partial charge in [0.15, 0.2) is 0 Å². The molecule has 0 radical (unpaired) electrons. The lowest BCUT2D eigenvalue weighted by atomic mass is 10.2. The van der Waals surface area contributed by atoms with Crippen molar-refractivity contribution in [1.29, 1.82) is 0 Å². The van der Waals surface area contributed by atoms with Gasteiger partial charge in [-0.2, -0.15) is 0 Å². The smallest absolute Gasteiger partial charge is 0.373 e. The number of rotatable bonds is 2. The first-order valence-electron chi connectivity index (χ1n) is 5.12. The van der Waals surface area contributed by atoms with Crippen LogP contribution in [0.25, 0.3) is 22.5 Å². The minimum atomic E-state index is -1.20. The molecule has 0 aliphatic rings. The molecular formula is C12H7FN2O3. The molecule has 0 fully saturated rings. The van der Waals surface area contributed by atoms with E-state index >= 15 is 0 Å². The fraction of sp³-hybridized carbons (Fsp3) is 0. The van der Waals surface area contributed by atoms with Crippen molar-refractivity contribution in [3.63, 3.8) is 0 Å². The Morgan fingerprint density at radius 1 is 1.44 bits per heavy atom. The molecule has 0 atom stereocenters. The Hall–Kier alpha value is -2.63. The maximum absolute atomic E-state index is 13.5. The van der Waals surface area contributed by atoms with E-state index in [4.69, 9.17) is 9.52 Å². The summed E-state index contributed by atoms with van der Waals surface area (Å²) in [6.45, 7) is 0. The number of hydrogen-bond acceptors (Lipinski definition) is 3. The van der Waals surface area contributed by atoms with Gasteiger partial charge in [-0.1, -0.05) is 6.07 Å². The maximum Gasteiger partial charge on any atom is 0.373 e. The van der Waals surface area contributed by atoms with Crippen molar-refractivity contribution in [2.45, 2.75) is 0 Å². The summed E-state index contributed by atoms with van der Waals surface area (Å²) in [7, 11) is 0. The highest BCUT2D eigenvalue weighted by Crippen LogP contribution is 2.25. The molecule has 0 aliphatic heterocycles. The lowest BCUT2D eigenvalue weighted by Crippen LogP contribution is -1.91. The number of nitrogens with one attached hydrogen (secondary N) is 1. The predicted molar refractivity (Wildman–Crippen MR) is 60.7 cm³/mol. The van der Waals surface area contributed by atoms with E-state index in [9.17, 15) is 9.18 Å². The summed E-state index contributed by atoms with van der Waals surface area (Å²) in [5.74, 6) is -1.71. The van der Waals surface area contributed by atoms with Crippen molar-refractivity contribution < 1.29 is 18.7 Å². The third-order valence-corrected chi connectivity index (χ3v) is 2.56. The third-order valence-electron chi connectivity index (χ3n) is 2.56. The van der Waals surface area contributed by atoms with Crippen LogP contribution in [0.4, 0.5) is 4.39 Å². The minimum Gasteiger partial charge on any atom is -0.475 e. The van der Waals surface area contributed by atoms with Gasteiger partial charge < -0.3 is 14.5 Å². The fourth-order valence-electron chi connectivity index (χ4n) is 1.73. The van der Waals surface area contributed by atoms with Crippen LogP contribution in [0.5, 0.6) is 0 Å². The van der Waals surface area contributed by atoms with Gasteiger partial charge in [0.25, 0.3) is 0 Å². The number of aromatic nitrogens is 2. The van der Waals surface area contributed by atoms with E-state index in [1.165, 1.54) is 12.1 Å². The lowest BCUT2D eigenvalue weighted by Gasteiger charge is -1.89. The van der Waals surface area contributed by atoms with E-state index in [1.54, 1.807) is 12.1 Å². The van der Waals surface area contributed by atoms with Gasteiger partial charge in [0.05, 0.1) is 6.20 Å². The monoisotopic (exact) mass is 246 g/mol. The molecule has 0 aliphatic carbocycles.